The van der Waals surface area contributed by atoms with Crippen LogP contribution in [0.25, 0.3) is 0 Å². The quantitative estimate of drug-likeness (QED) is 0.432. The highest BCUT2D eigenvalue weighted by Gasteiger charge is 2.04. The van der Waals surface area contributed by atoms with E-state index in [9.17, 15) is 8.42 Å². The van der Waals surface area contributed by atoms with Crippen LogP contribution in [0.1, 0.15) is 5.56 Å². The van der Waals surface area contributed by atoms with E-state index in [2.05, 4.69) is 5.32 Å². The summed E-state index contributed by atoms with van der Waals surface area (Å²) in [7, 11) is -4.04. The fourth-order valence-electron chi connectivity index (χ4n) is 1.00. The summed E-state index contributed by atoms with van der Waals surface area (Å²) in [5.74, 6) is -1.08. The third-order valence-electron chi connectivity index (χ3n) is 1.65. The van der Waals surface area contributed by atoms with Crippen LogP contribution in [0, 0.1) is 0 Å². The van der Waals surface area contributed by atoms with Gasteiger partial charge < -0.3 is 10.2 Å². The molecular formula is C8H11NO5S. The second-order valence-electron chi connectivity index (χ2n) is 2.98. The van der Waals surface area contributed by atoms with Crippen LogP contribution in [0.4, 0.5) is 0 Å². The van der Waals surface area contributed by atoms with E-state index in [0.29, 0.717) is 5.56 Å². The number of hydrogen-bond acceptors (Lipinski definition) is 5. The van der Waals surface area contributed by atoms with Crippen molar-refractivity contribution in [3.63, 3.8) is 0 Å². The SMILES string of the molecule is O=S(=O)(O)CNCc1ccc(O)c(O)c1. The van der Waals surface area contributed by atoms with Crippen LogP contribution in [-0.4, -0.2) is 29.1 Å². The minimum atomic E-state index is -4.04. The van der Waals surface area contributed by atoms with Gasteiger partial charge in [0.1, 0.15) is 5.88 Å². The van der Waals surface area contributed by atoms with E-state index < -0.39 is 16.0 Å². The summed E-state index contributed by atoms with van der Waals surface area (Å²) in [6, 6.07) is 4.11. The first-order valence-electron chi connectivity index (χ1n) is 4.05. The van der Waals surface area contributed by atoms with E-state index >= 15 is 0 Å². The lowest BCUT2D eigenvalue weighted by atomic mass is 10.2. The molecule has 0 aromatic heterocycles. The predicted octanol–water partition coefficient (Wildman–Crippen LogP) is 0.0327. The topological polar surface area (TPSA) is 107 Å². The summed E-state index contributed by atoms with van der Waals surface area (Å²) >= 11 is 0. The standard InChI is InChI=1S/C8H11NO5S/c10-7-2-1-6(3-8(7)11)4-9-5-15(12,13)14/h1-3,9-11H,4-5H2,(H,12,13,14). The van der Waals surface area contributed by atoms with Crippen molar-refractivity contribution in [1.82, 2.24) is 5.32 Å². The molecule has 1 rings (SSSR count). The Hall–Kier alpha value is -1.31. The molecule has 0 aliphatic rings. The summed E-state index contributed by atoms with van der Waals surface area (Å²) in [6.07, 6.45) is 0. The van der Waals surface area contributed by atoms with Crippen molar-refractivity contribution in [1.29, 1.82) is 0 Å². The highest BCUT2D eigenvalue weighted by Crippen LogP contribution is 2.24. The average Bonchev–Trinajstić information content (AvgIpc) is 2.09. The highest BCUT2D eigenvalue weighted by atomic mass is 32.2. The molecule has 0 amide bonds. The van der Waals surface area contributed by atoms with Gasteiger partial charge in [-0.1, -0.05) is 6.07 Å². The first-order valence-corrected chi connectivity index (χ1v) is 5.66. The molecule has 7 heteroatoms. The molecule has 0 saturated carbocycles. The van der Waals surface area contributed by atoms with Crippen LogP contribution < -0.4 is 5.32 Å². The lowest BCUT2D eigenvalue weighted by Crippen LogP contribution is -2.21. The Morgan fingerprint density at radius 2 is 1.87 bits per heavy atom. The molecule has 1 aromatic rings. The van der Waals surface area contributed by atoms with Crippen LogP contribution in [-0.2, 0) is 16.7 Å². The molecule has 6 nitrogen and oxygen atoms in total. The zero-order valence-electron chi connectivity index (χ0n) is 7.71. The molecule has 0 fully saturated rings. The number of aromatic hydroxyl groups is 2. The second-order valence-corrected chi connectivity index (χ2v) is 4.43. The van der Waals surface area contributed by atoms with Crippen molar-refractivity contribution in [3.8, 4) is 11.5 Å². The summed E-state index contributed by atoms with van der Waals surface area (Å²) < 4.78 is 29.1. The Bertz CT molecular complexity index is 442. The maximum Gasteiger partial charge on any atom is 0.278 e. The van der Waals surface area contributed by atoms with Gasteiger partial charge in [0.05, 0.1) is 0 Å². The first kappa shape index (κ1) is 11.8. The molecule has 15 heavy (non-hydrogen) atoms. The van der Waals surface area contributed by atoms with Gasteiger partial charge in [0.15, 0.2) is 11.5 Å². The first-order chi connectivity index (χ1) is 6.88. The lowest BCUT2D eigenvalue weighted by Gasteiger charge is -2.04. The zero-order valence-corrected chi connectivity index (χ0v) is 8.53. The van der Waals surface area contributed by atoms with Crippen molar-refractivity contribution in [2.75, 3.05) is 5.88 Å². The van der Waals surface area contributed by atoms with Gasteiger partial charge >= 0.3 is 0 Å². The molecule has 0 aliphatic carbocycles. The Kier molecular flexibility index (Phi) is 3.51. The largest absolute Gasteiger partial charge is 0.504 e. The van der Waals surface area contributed by atoms with Gasteiger partial charge in [-0.15, -0.1) is 0 Å². The number of rotatable bonds is 4. The molecule has 0 unspecified atom stereocenters. The van der Waals surface area contributed by atoms with E-state index in [0.717, 1.165) is 0 Å². The van der Waals surface area contributed by atoms with E-state index in [1.165, 1.54) is 18.2 Å². The smallest absolute Gasteiger partial charge is 0.278 e. The van der Waals surface area contributed by atoms with Crippen LogP contribution in [0.5, 0.6) is 11.5 Å². The van der Waals surface area contributed by atoms with E-state index in [1.807, 2.05) is 0 Å². The van der Waals surface area contributed by atoms with Crippen molar-refractivity contribution < 1.29 is 23.2 Å². The monoisotopic (exact) mass is 233 g/mol. The van der Waals surface area contributed by atoms with Crippen molar-refractivity contribution >= 4 is 10.1 Å². The van der Waals surface area contributed by atoms with Gasteiger partial charge in [-0.2, -0.15) is 8.42 Å². The van der Waals surface area contributed by atoms with Crippen molar-refractivity contribution in [2.45, 2.75) is 6.54 Å². The molecular weight excluding hydrogens is 222 g/mol. The minimum Gasteiger partial charge on any atom is -0.504 e. The molecule has 0 heterocycles. The van der Waals surface area contributed by atoms with Gasteiger partial charge in [-0.3, -0.25) is 9.87 Å². The summed E-state index contributed by atoms with van der Waals surface area (Å²) in [5.41, 5.74) is 0.592. The number of phenols is 2. The highest BCUT2D eigenvalue weighted by molar-refractivity contribution is 7.85. The van der Waals surface area contributed by atoms with Crippen molar-refractivity contribution in [3.05, 3.63) is 23.8 Å². The van der Waals surface area contributed by atoms with Crippen LogP contribution in [0.2, 0.25) is 0 Å². The van der Waals surface area contributed by atoms with Crippen LogP contribution >= 0.6 is 0 Å². The Balaban J connectivity index is 2.55. The Labute approximate surface area is 86.9 Å². The average molecular weight is 233 g/mol. The lowest BCUT2D eigenvalue weighted by molar-refractivity contribution is 0.403. The van der Waals surface area contributed by atoms with Gasteiger partial charge in [0, 0.05) is 6.54 Å². The van der Waals surface area contributed by atoms with Crippen LogP contribution in [0.15, 0.2) is 18.2 Å². The number of hydrogen-bond donors (Lipinski definition) is 4. The van der Waals surface area contributed by atoms with Gasteiger partial charge in [0.2, 0.25) is 0 Å². The van der Waals surface area contributed by atoms with Crippen LogP contribution in [0.3, 0.4) is 0 Å². The molecule has 0 radical (unpaired) electrons. The Morgan fingerprint density at radius 3 is 2.40 bits per heavy atom. The zero-order chi connectivity index (χ0) is 11.5. The number of nitrogens with one attached hydrogen (secondary N) is 1. The normalized spacial score (nSPS) is 11.5. The molecule has 1 aromatic carbocycles. The van der Waals surface area contributed by atoms with E-state index in [-0.39, 0.29) is 18.0 Å². The molecule has 0 bridgehead atoms. The fraction of sp³-hybridized carbons (Fsp3) is 0.250. The minimum absolute atomic E-state index is 0.160. The molecule has 0 saturated heterocycles. The summed E-state index contributed by atoms with van der Waals surface area (Å²) in [5, 5.41) is 20.6. The van der Waals surface area contributed by atoms with Crippen molar-refractivity contribution in [2.24, 2.45) is 0 Å². The molecule has 0 spiro atoms. The van der Waals surface area contributed by atoms with Gasteiger partial charge in [-0.25, -0.2) is 0 Å². The van der Waals surface area contributed by atoms with Gasteiger partial charge in [-0.05, 0) is 17.7 Å². The maximum absolute atomic E-state index is 10.3. The molecule has 0 atom stereocenters. The van der Waals surface area contributed by atoms with E-state index in [1.54, 1.807) is 0 Å². The van der Waals surface area contributed by atoms with Gasteiger partial charge in [0.25, 0.3) is 10.1 Å². The maximum atomic E-state index is 10.3. The molecule has 84 valence electrons. The third kappa shape index (κ3) is 4.15. The number of phenolic OH excluding ortho intramolecular Hbond substituents is 2. The fourth-order valence-corrected chi connectivity index (χ4v) is 1.36. The predicted molar refractivity (Wildman–Crippen MR) is 53.0 cm³/mol. The Morgan fingerprint density at radius 1 is 1.20 bits per heavy atom. The summed E-state index contributed by atoms with van der Waals surface area (Å²) in [4.78, 5) is 0. The summed E-state index contributed by atoms with van der Waals surface area (Å²) in [6.45, 7) is 0.160. The number of benzene rings is 1. The second kappa shape index (κ2) is 4.47. The molecule has 4 N–H and O–H groups in total. The molecule has 0 aliphatic heterocycles. The van der Waals surface area contributed by atoms with E-state index in [4.69, 9.17) is 14.8 Å². The third-order valence-corrected chi connectivity index (χ3v) is 2.22.